The molecule has 3 aromatic rings. The molecule has 5 heteroatoms. The van der Waals surface area contributed by atoms with E-state index < -0.39 is 0 Å². The van der Waals surface area contributed by atoms with Crippen LogP contribution in [0.4, 0.5) is 11.4 Å². The van der Waals surface area contributed by atoms with Gasteiger partial charge in [0, 0.05) is 27.0 Å². The molecule has 25 heavy (non-hydrogen) atoms. The van der Waals surface area contributed by atoms with E-state index in [-0.39, 0.29) is 11.8 Å². The number of carbonyl (C=O) groups excluding carboxylic acids is 2. The Bertz CT molecular complexity index is 876. The lowest BCUT2D eigenvalue weighted by molar-refractivity contribution is 0.101. The normalized spacial score (nSPS) is 10.1. The molecule has 0 aliphatic carbocycles. The lowest BCUT2D eigenvalue weighted by Gasteiger charge is -2.07. The highest BCUT2D eigenvalue weighted by Crippen LogP contribution is 2.16. The Labute approximate surface area is 154 Å². The summed E-state index contributed by atoms with van der Waals surface area (Å²) in [5, 5.41) is 5.62. The van der Waals surface area contributed by atoms with Crippen LogP contribution in [0.25, 0.3) is 0 Å². The van der Waals surface area contributed by atoms with Gasteiger partial charge in [-0.25, -0.2) is 0 Å². The molecule has 3 aromatic carbocycles. The maximum Gasteiger partial charge on any atom is 0.255 e. The zero-order valence-corrected chi connectivity index (χ0v) is 14.8. The van der Waals surface area contributed by atoms with E-state index in [1.165, 1.54) is 0 Å². The molecule has 0 spiro atoms. The van der Waals surface area contributed by atoms with E-state index in [1.54, 1.807) is 24.3 Å². The van der Waals surface area contributed by atoms with Crippen LogP contribution < -0.4 is 10.6 Å². The van der Waals surface area contributed by atoms with E-state index >= 15 is 0 Å². The number of hydrogen-bond acceptors (Lipinski definition) is 2. The predicted octanol–water partition coefficient (Wildman–Crippen LogP) is 4.95. The Balaban J connectivity index is 1.66. The molecule has 0 aliphatic heterocycles. The summed E-state index contributed by atoms with van der Waals surface area (Å²) in [5.41, 5.74) is 2.41. The fourth-order valence-electron chi connectivity index (χ4n) is 2.23. The third-order valence-electron chi connectivity index (χ3n) is 3.54. The zero-order chi connectivity index (χ0) is 17.6. The molecule has 0 saturated carbocycles. The Morgan fingerprint density at radius 1 is 0.600 bits per heavy atom. The monoisotopic (exact) mass is 394 g/mol. The molecule has 0 aliphatic rings. The minimum atomic E-state index is -0.225. The highest BCUT2D eigenvalue weighted by molar-refractivity contribution is 9.10. The average molecular weight is 395 g/mol. The molecule has 0 bridgehead atoms. The summed E-state index contributed by atoms with van der Waals surface area (Å²) in [6, 6.07) is 23.1. The number of carbonyl (C=O) groups is 2. The summed E-state index contributed by atoms with van der Waals surface area (Å²) >= 11 is 3.35. The van der Waals surface area contributed by atoms with E-state index in [4.69, 9.17) is 0 Å². The van der Waals surface area contributed by atoms with Gasteiger partial charge in [0.15, 0.2) is 0 Å². The number of nitrogens with one attached hydrogen (secondary N) is 2. The van der Waals surface area contributed by atoms with Gasteiger partial charge >= 0.3 is 0 Å². The number of halogens is 1. The highest BCUT2D eigenvalue weighted by atomic mass is 79.9. The van der Waals surface area contributed by atoms with Gasteiger partial charge in [-0.2, -0.15) is 0 Å². The van der Waals surface area contributed by atoms with Crippen molar-refractivity contribution in [2.45, 2.75) is 0 Å². The van der Waals surface area contributed by atoms with Crippen LogP contribution in [0, 0.1) is 0 Å². The van der Waals surface area contributed by atoms with Crippen molar-refractivity contribution >= 4 is 39.1 Å². The second-order valence-electron chi connectivity index (χ2n) is 5.36. The standard InChI is InChI=1S/C20H15BrN2O2/c21-16-10-12-18(13-11-16)23-20(25)15-8-6-14(7-9-15)19(24)22-17-4-2-1-3-5-17/h1-13H,(H,22,24)(H,23,25). The molecule has 0 fully saturated rings. The lowest BCUT2D eigenvalue weighted by atomic mass is 10.1. The molecule has 0 unspecified atom stereocenters. The first-order chi connectivity index (χ1) is 12.1. The topological polar surface area (TPSA) is 58.2 Å². The van der Waals surface area contributed by atoms with Crippen LogP contribution in [0.2, 0.25) is 0 Å². The second kappa shape index (κ2) is 7.77. The summed E-state index contributed by atoms with van der Waals surface area (Å²) in [5.74, 6) is -0.441. The molecule has 0 heterocycles. The van der Waals surface area contributed by atoms with Crippen molar-refractivity contribution in [3.8, 4) is 0 Å². The number of anilines is 2. The van der Waals surface area contributed by atoms with E-state index in [2.05, 4.69) is 26.6 Å². The van der Waals surface area contributed by atoms with E-state index in [9.17, 15) is 9.59 Å². The maximum atomic E-state index is 12.2. The quantitative estimate of drug-likeness (QED) is 0.657. The van der Waals surface area contributed by atoms with Crippen molar-refractivity contribution in [1.82, 2.24) is 0 Å². The van der Waals surface area contributed by atoms with E-state index in [1.807, 2.05) is 54.6 Å². The molecule has 0 radical (unpaired) electrons. The van der Waals surface area contributed by atoms with Crippen molar-refractivity contribution in [3.05, 3.63) is 94.5 Å². The summed E-state index contributed by atoms with van der Waals surface area (Å²) in [7, 11) is 0. The summed E-state index contributed by atoms with van der Waals surface area (Å²) < 4.78 is 0.944. The highest BCUT2D eigenvalue weighted by Gasteiger charge is 2.09. The van der Waals surface area contributed by atoms with Crippen LogP contribution in [0.5, 0.6) is 0 Å². The molecule has 0 atom stereocenters. The van der Waals surface area contributed by atoms with Gasteiger partial charge in [0.25, 0.3) is 11.8 Å². The summed E-state index contributed by atoms with van der Waals surface area (Å²) in [4.78, 5) is 24.4. The SMILES string of the molecule is O=C(Nc1ccccc1)c1ccc(C(=O)Nc2ccc(Br)cc2)cc1. The molecule has 0 saturated heterocycles. The summed E-state index contributed by atoms with van der Waals surface area (Å²) in [6.07, 6.45) is 0. The Kier molecular flexibility index (Phi) is 5.26. The van der Waals surface area contributed by atoms with Gasteiger partial charge in [-0.3, -0.25) is 9.59 Å². The zero-order valence-electron chi connectivity index (χ0n) is 13.2. The van der Waals surface area contributed by atoms with Crippen molar-refractivity contribution in [2.24, 2.45) is 0 Å². The molecule has 2 N–H and O–H groups in total. The molecule has 4 nitrogen and oxygen atoms in total. The fraction of sp³-hybridized carbons (Fsp3) is 0. The van der Waals surface area contributed by atoms with Crippen molar-refractivity contribution in [2.75, 3.05) is 10.6 Å². The van der Waals surface area contributed by atoms with Crippen LogP contribution in [-0.4, -0.2) is 11.8 Å². The van der Waals surface area contributed by atoms with Gasteiger partial charge in [0.1, 0.15) is 0 Å². The van der Waals surface area contributed by atoms with Crippen LogP contribution in [0.3, 0.4) is 0 Å². The molecule has 124 valence electrons. The second-order valence-corrected chi connectivity index (χ2v) is 6.27. The van der Waals surface area contributed by atoms with Gasteiger partial charge in [0.2, 0.25) is 0 Å². The third kappa shape index (κ3) is 4.55. The summed E-state index contributed by atoms with van der Waals surface area (Å²) in [6.45, 7) is 0. The molecular formula is C20H15BrN2O2. The van der Waals surface area contributed by atoms with Crippen LogP contribution >= 0.6 is 15.9 Å². The van der Waals surface area contributed by atoms with Gasteiger partial charge in [-0.15, -0.1) is 0 Å². The fourth-order valence-corrected chi connectivity index (χ4v) is 2.50. The first-order valence-electron chi connectivity index (χ1n) is 7.65. The molecule has 3 rings (SSSR count). The minimum absolute atomic E-state index is 0.217. The van der Waals surface area contributed by atoms with Crippen LogP contribution in [0.15, 0.2) is 83.3 Å². The first-order valence-corrected chi connectivity index (χ1v) is 8.44. The number of para-hydroxylation sites is 1. The smallest absolute Gasteiger partial charge is 0.255 e. The van der Waals surface area contributed by atoms with Gasteiger partial charge in [-0.05, 0) is 60.7 Å². The molecular weight excluding hydrogens is 380 g/mol. The van der Waals surface area contributed by atoms with Crippen LogP contribution in [0.1, 0.15) is 20.7 Å². The maximum absolute atomic E-state index is 12.2. The van der Waals surface area contributed by atoms with Crippen LogP contribution in [-0.2, 0) is 0 Å². The number of benzene rings is 3. The van der Waals surface area contributed by atoms with Gasteiger partial charge in [0.05, 0.1) is 0 Å². The van der Waals surface area contributed by atoms with E-state index in [0.29, 0.717) is 16.8 Å². The van der Waals surface area contributed by atoms with Gasteiger partial charge < -0.3 is 10.6 Å². The average Bonchev–Trinajstić information content (AvgIpc) is 2.64. The van der Waals surface area contributed by atoms with E-state index in [0.717, 1.165) is 10.2 Å². The number of hydrogen-bond donors (Lipinski definition) is 2. The Morgan fingerprint density at radius 2 is 1.04 bits per heavy atom. The minimum Gasteiger partial charge on any atom is -0.322 e. The number of amides is 2. The largest absolute Gasteiger partial charge is 0.322 e. The number of rotatable bonds is 4. The van der Waals surface area contributed by atoms with Gasteiger partial charge in [-0.1, -0.05) is 34.1 Å². The Morgan fingerprint density at radius 3 is 1.52 bits per heavy atom. The third-order valence-corrected chi connectivity index (χ3v) is 4.07. The predicted molar refractivity (Wildman–Crippen MR) is 103 cm³/mol. The lowest BCUT2D eigenvalue weighted by Crippen LogP contribution is -2.14. The van der Waals surface area contributed by atoms with Crippen molar-refractivity contribution in [3.63, 3.8) is 0 Å². The van der Waals surface area contributed by atoms with Crippen molar-refractivity contribution < 1.29 is 9.59 Å². The molecule has 0 aromatic heterocycles. The first kappa shape index (κ1) is 16.9. The Hall–Kier alpha value is -2.92. The molecule has 2 amide bonds. The van der Waals surface area contributed by atoms with Crippen molar-refractivity contribution in [1.29, 1.82) is 0 Å².